The van der Waals surface area contributed by atoms with Crippen LogP contribution < -0.4 is 11.3 Å². The second-order valence-corrected chi connectivity index (χ2v) is 5.07. The Morgan fingerprint density at radius 2 is 2.24 bits per heavy atom. The summed E-state index contributed by atoms with van der Waals surface area (Å²) in [6.07, 6.45) is 3.87. The lowest BCUT2D eigenvalue weighted by Gasteiger charge is -2.25. The number of hydrazine groups is 1. The Kier molecular flexibility index (Phi) is 4.68. The summed E-state index contributed by atoms with van der Waals surface area (Å²) in [5, 5.41) is 4.33. The van der Waals surface area contributed by atoms with Crippen molar-refractivity contribution in [2.24, 2.45) is 12.9 Å². The van der Waals surface area contributed by atoms with Gasteiger partial charge in [0.1, 0.15) is 0 Å². The quantitative estimate of drug-likeness (QED) is 0.583. The number of hydrogen-bond donors (Lipinski definition) is 2. The van der Waals surface area contributed by atoms with E-state index in [1.807, 2.05) is 24.9 Å². The summed E-state index contributed by atoms with van der Waals surface area (Å²) in [6, 6.07) is 0.123. The number of nitrogens with one attached hydrogen (secondary N) is 1. The number of rotatable bonds is 6. The molecule has 5 heteroatoms. The van der Waals surface area contributed by atoms with Gasteiger partial charge in [-0.3, -0.25) is 16.0 Å². The topological polar surface area (TPSA) is 65.1 Å². The minimum atomic E-state index is -0.120. The molecule has 98 valence electrons. The van der Waals surface area contributed by atoms with E-state index in [1.54, 1.807) is 7.11 Å². The van der Waals surface area contributed by atoms with Crippen LogP contribution in [0.4, 0.5) is 0 Å². The van der Waals surface area contributed by atoms with Gasteiger partial charge in [0, 0.05) is 32.0 Å². The van der Waals surface area contributed by atoms with Gasteiger partial charge >= 0.3 is 0 Å². The van der Waals surface area contributed by atoms with E-state index in [1.165, 1.54) is 0 Å². The van der Waals surface area contributed by atoms with Crippen LogP contribution in [0.5, 0.6) is 0 Å². The lowest BCUT2D eigenvalue weighted by Crippen LogP contribution is -2.31. The lowest BCUT2D eigenvalue weighted by atomic mass is 9.95. The first-order valence-corrected chi connectivity index (χ1v) is 5.91. The molecule has 17 heavy (non-hydrogen) atoms. The van der Waals surface area contributed by atoms with Crippen molar-refractivity contribution in [3.63, 3.8) is 0 Å². The van der Waals surface area contributed by atoms with Gasteiger partial charge in [-0.05, 0) is 33.6 Å². The smallest absolute Gasteiger partial charge is 0.0641 e. The largest absolute Gasteiger partial charge is 0.379 e. The molecule has 0 radical (unpaired) electrons. The van der Waals surface area contributed by atoms with E-state index in [9.17, 15) is 0 Å². The molecule has 0 aliphatic rings. The molecule has 1 unspecified atom stereocenters. The van der Waals surface area contributed by atoms with E-state index in [0.717, 1.165) is 24.1 Å². The Balaban J connectivity index is 2.70. The first kappa shape index (κ1) is 14.2. The molecule has 1 rings (SSSR count). The SMILES string of the molecule is COC(C)(C)CCC(NN)c1cn(C)nc1C. The normalized spacial score (nSPS) is 14.0. The number of aromatic nitrogens is 2. The number of nitrogens with zero attached hydrogens (tertiary/aromatic N) is 2. The van der Waals surface area contributed by atoms with Crippen molar-refractivity contribution < 1.29 is 4.74 Å². The highest BCUT2D eigenvalue weighted by Gasteiger charge is 2.21. The number of aryl methyl sites for hydroxylation is 2. The minimum Gasteiger partial charge on any atom is -0.379 e. The molecular formula is C12H24N4O. The van der Waals surface area contributed by atoms with Crippen molar-refractivity contribution in [2.45, 2.75) is 45.3 Å². The minimum absolute atomic E-state index is 0.120. The van der Waals surface area contributed by atoms with Crippen LogP contribution in [0.25, 0.3) is 0 Å². The van der Waals surface area contributed by atoms with E-state index >= 15 is 0 Å². The molecular weight excluding hydrogens is 216 g/mol. The third-order valence-corrected chi connectivity index (χ3v) is 3.22. The van der Waals surface area contributed by atoms with Crippen LogP contribution in [-0.2, 0) is 11.8 Å². The first-order valence-electron chi connectivity index (χ1n) is 5.91. The fourth-order valence-electron chi connectivity index (χ4n) is 1.88. The maximum absolute atomic E-state index is 5.63. The summed E-state index contributed by atoms with van der Waals surface area (Å²) >= 11 is 0. The predicted octanol–water partition coefficient (Wildman–Crippen LogP) is 1.44. The van der Waals surface area contributed by atoms with Crippen LogP contribution >= 0.6 is 0 Å². The molecule has 5 nitrogen and oxygen atoms in total. The summed E-state index contributed by atoms with van der Waals surface area (Å²) in [7, 11) is 3.66. The van der Waals surface area contributed by atoms with Gasteiger partial charge in [0.05, 0.1) is 11.3 Å². The molecule has 0 aliphatic heterocycles. The van der Waals surface area contributed by atoms with Crippen LogP contribution in [0.2, 0.25) is 0 Å². The Hall–Kier alpha value is -0.910. The van der Waals surface area contributed by atoms with E-state index in [0.29, 0.717) is 0 Å². The first-order chi connectivity index (χ1) is 7.89. The molecule has 3 N–H and O–H groups in total. The maximum Gasteiger partial charge on any atom is 0.0641 e. The Bertz CT molecular complexity index is 359. The molecule has 0 saturated carbocycles. The van der Waals surface area contributed by atoms with Crippen molar-refractivity contribution >= 4 is 0 Å². The van der Waals surface area contributed by atoms with Gasteiger partial charge in [0.2, 0.25) is 0 Å². The van der Waals surface area contributed by atoms with E-state index in [-0.39, 0.29) is 11.6 Å². The maximum atomic E-state index is 5.63. The van der Waals surface area contributed by atoms with Crippen LogP contribution in [0.3, 0.4) is 0 Å². The van der Waals surface area contributed by atoms with Gasteiger partial charge in [-0.15, -0.1) is 0 Å². The molecule has 0 fully saturated rings. The van der Waals surface area contributed by atoms with Crippen LogP contribution in [0, 0.1) is 6.92 Å². The van der Waals surface area contributed by atoms with Crippen LogP contribution in [-0.4, -0.2) is 22.5 Å². The fourth-order valence-corrected chi connectivity index (χ4v) is 1.88. The molecule has 0 amide bonds. The number of methoxy groups -OCH3 is 1. The summed E-state index contributed by atoms with van der Waals surface area (Å²) in [5.74, 6) is 5.63. The van der Waals surface area contributed by atoms with Crippen molar-refractivity contribution in [3.05, 3.63) is 17.5 Å². The van der Waals surface area contributed by atoms with Gasteiger partial charge in [0.25, 0.3) is 0 Å². The highest BCUT2D eigenvalue weighted by molar-refractivity contribution is 5.19. The summed E-state index contributed by atoms with van der Waals surface area (Å²) in [6.45, 7) is 6.16. The number of nitrogens with two attached hydrogens (primary N) is 1. The standard InChI is InChI=1S/C12H24N4O/c1-9-10(8-16(4)15-9)11(14-13)6-7-12(2,3)17-5/h8,11,14H,6-7,13H2,1-5H3. The van der Waals surface area contributed by atoms with Gasteiger partial charge < -0.3 is 4.74 Å². The molecule has 1 heterocycles. The molecule has 0 bridgehead atoms. The summed E-state index contributed by atoms with van der Waals surface area (Å²) < 4.78 is 7.23. The monoisotopic (exact) mass is 240 g/mol. The molecule has 0 saturated heterocycles. The Morgan fingerprint density at radius 1 is 1.59 bits per heavy atom. The zero-order chi connectivity index (χ0) is 13.1. The van der Waals surface area contributed by atoms with E-state index in [4.69, 9.17) is 10.6 Å². The molecule has 0 aromatic carbocycles. The highest BCUT2D eigenvalue weighted by Crippen LogP contribution is 2.25. The predicted molar refractivity (Wildman–Crippen MR) is 68.3 cm³/mol. The van der Waals surface area contributed by atoms with Crippen LogP contribution in [0.15, 0.2) is 6.20 Å². The third-order valence-electron chi connectivity index (χ3n) is 3.22. The highest BCUT2D eigenvalue weighted by atomic mass is 16.5. The zero-order valence-corrected chi connectivity index (χ0v) is 11.4. The average Bonchev–Trinajstić information content (AvgIpc) is 2.59. The van der Waals surface area contributed by atoms with Gasteiger partial charge in [-0.25, -0.2) is 0 Å². The molecule has 1 aromatic heterocycles. The summed E-state index contributed by atoms with van der Waals surface area (Å²) in [5.41, 5.74) is 4.91. The van der Waals surface area contributed by atoms with E-state index < -0.39 is 0 Å². The molecule has 0 aliphatic carbocycles. The summed E-state index contributed by atoms with van der Waals surface area (Å²) in [4.78, 5) is 0. The van der Waals surface area contributed by atoms with Crippen molar-refractivity contribution in [2.75, 3.05) is 7.11 Å². The molecule has 0 spiro atoms. The number of ether oxygens (including phenoxy) is 1. The molecule has 1 aromatic rings. The van der Waals surface area contributed by atoms with Crippen molar-refractivity contribution in [3.8, 4) is 0 Å². The third kappa shape index (κ3) is 3.80. The second-order valence-electron chi connectivity index (χ2n) is 5.07. The average molecular weight is 240 g/mol. The van der Waals surface area contributed by atoms with Crippen LogP contribution in [0.1, 0.15) is 44.0 Å². The number of hydrogen-bond acceptors (Lipinski definition) is 4. The second kappa shape index (κ2) is 5.62. The zero-order valence-electron chi connectivity index (χ0n) is 11.4. The fraction of sp³-hybridized carbons (Fsp3) is 0.750. The lowest BCUT2D eigenvalue weighted by molar-refractivity contribution is 0.0116. The van der Waals surface area contributed by atoms with Gasteiger partial charge in [-0.1, -0.05) is 0 Å². The van der Waals surface area contributed by atoms with Gasteiger partial charge in [0.15, 0.2) is 0 Å². The molecule has 1 atom stereocenters. The van der Waals surface area contributed by atoms with Crippen molar-refractivity contribution in [1.82, 2.24) is 15.2 Å². The Morgan fingerprint density at radius 3 is 2.65 bits per heavy atom. The van der Waals surface area contributed by atoms with Crippen molar-refractivity contribution in [1.29, 1.82) is 0 Å². The Labute approximate surface area is 103 Å². The van der Waals surface area contributed by atoms with E-state index in [2.05, 4.69) is 24.4 Å². The van der Waals surface area contributed by atoms with Gasteiger partial charge in [-0.2, -0.15) is 5.10 Å².